The molecule has 10 atom stereocenters. The lowest BCUT2D eigenvalue weighted by molar-refractivity contribution is -0.356. The van der Waals surface area contributed by atoms with Gasteiger partial charge in [0.05, 0.1) is 45.2 Å². The van der Waals surface area contributed by atoms with Crippen LogP contribution < -0.4 is 0 Å². The van der Waals surface area contributed by atoms with E-state index in [2.05, 4.69) is 0 Å². The normalized spacial score (nSPS) is 24.1. The van der Waals surface area contributed by atoms with Gasteiger partial charge in [-0.3, -0.25) is 0 Å². The van der Waals surface area contributed by atoms with Crippen molar-refractivity contribution in [1.82, 2.24) is 0 Å². The van der Waals surface area contributed by atoms with Crippen LogP contribution in [0.25, 0.3) is 0 Å². The molecule has 6 aromatic rings. The minimum Gasteiger partial charge on any atom is -0.452 e. The van der Waals surface area contributed by atoms with Crippen LogP contribution in [0.4, 0.5) is 0 Å². The summed E-state index contributed by atoms with van der Waals surface area (Å²) in [6.07, 6.45) is -8.28. The summed E-state index contributed by atoms with van der Waals surface area (Å²) in [5, 5.41) is 11.2. The van der Waals surface area contributed by atoms with Gasteiger partial charge < -0.3 is 52.5 Å². The Morgan fingerprint density at radius 1 is 0.542 bits per heavy atom. The lowest BCUT2D eigenvalue weighted by Gasteiger charge is -2.50. The molecule has 2 aliphatic rings. The standard InChI is InChI=1S/C59H64O12S/c1-41-30-32-48(33-31-41)72-59-56(70-57(62)47-28-16-7-17-29-47)54(51(49(35-60)69-59)64-34-18-19-42(2)61)71-58-55(67-39-46-26-14-6-15-27-46)53(66-38-45-24-12-5-13-25-45)52(65-37-44-22-10-4-11-23-44)50(68-58)40-63-36-43-20-8-3-9-21-43/h3-17,20-33,49-56,58-60H,18-19,34-40H2,1-2H3/t49-,50-,51+,52-,53+,54+,55-,56-,58-,59+/m1/s1. The number of esters is 1. The van der Waals surface area contributed by atoms with Crippen molar-refractivity contribution < 1.29 is 57.3 Å². The van der Waals surface area contributed by atoms with Crippen LogP contribution in [0.2, 0.25) is 0 Å². The summed E-state index contributed by atoms with van der Waals surface area (Å²) in [4.78, 5) is 27.3. The zero-order chi connectivity index (χ0) is 49.9. The highest BCUT2D eigenvalue weighted by Gasteiger charge is 2.55. The molecular weight excluding hydrogens is 933 g/mol. The molecule has 0 amide bonds. The quantitative estimate of drug-likeness (QED) is 0.0431. The van der Waals surface area contributed by atoms with Crippen molar-refractivity contribution >= 4 is 23.5 Å². The van der Waals surface area contributed by atoms with Gasteiger partial charge in [-0.2, -0.15) is 0 Å². The third kappa shape index (κ3) is 15.2. The predicted molar refractivity (Wildman–Crippen MR) is 273 cm³/mol. The van der Waals surface area contributed by atoms with Crippen molar-refractivity contribution in [1.29, 1.82) is 0 Å². The first kappa shape index (κ1) is 52.8. The van der Waals surface area contributed by atoms with Crippen LogP contribution in [0.5, 0.6) is 0 Å². The average Bonchev–Trinajstić information content (AvgIpc) is 3.41. The number of thioether (sulfide) groups is 1. The molecule has 0 aliphatic carbocycles. The number of aliphatic hydroxyl groups is 1. The van der Waals surface area contributed by atoms with Crippen LogP contribution in [-0.2, 0) is 73.9 Å². The number of hydrogen-bond acceptors (Lipinski definition) is 13. The smallest absolute Gasteiger partial charge is 0.338 e. The number of ketones is 1. The lowest BCUT2D eigenvalue weighted by atomic mass is 9.96. The Morgan fingerprint density at radius 2 is 1.04 bits per heavy atom. The first-order chi connectivity index (χ1) is 35.3. The molecule has 2 saturated heterocycles. The van der Waals surface area contributed by atoms with Crippen molar-refractivity contribution in [2.45, 2.75) is 119 Å². The van der Waals surface area contributed by atoms with E-state index in [4.69, 9.17) is 42.6 Å². The molecule has 2 aliphatic heterocycles. The maximum atomic E-state index is 14.3. The van der Waals surface area contributed by atoms with E-state index in [0.717, 1.165) is 32.7 Å². The summed E-state index contributed by atoms with van der Waals surface area (Å²) in [5.41, 5.74) is 4.23. The second-order valence-electron chi connectivity index (χ2n) is 18.0. The number of aliphatic hydroxyl groups excluding tert-OH is 1. The highest BCUT2D eigenvalue weighted by atomic mass is 32.2. The van der Waals surface area contributed by atoms with Crippen LogP contribution in [0.15, 0.2) is 181 Å². The van der Waals surface area contributed by atoms with Crippen LogP contribution in [0.1, 0.15) is 57.9 Å². The number of Topliss-reactive ketones (excluding diaryl/α,β-unsaturated/α-hetero) is 1. The Balaban J connectivity index is 1.22. The van der Waals surface area contributed by atoms with Crippen LogP contribution >= 0.6 is 11.8 Å². The van der Waals surface area contributed by atoms with E-state index >= 15 is 0 Å². The van der Waals surface area contributed by atoms with Gasteiger partial charge in [-0.05, 0) is 66.8 Å². The van der Waals surface area contributed by atoms with Crippen LogP contribution in [0.3, 0.4) is 0 Å². The minimum atomic E-state index is -1.25. The second kappa shape index (κ2) is 27.5. The van der Waals surface area contributed by atoms with E-state index in [1.807, 2.05) is 159 Å². The molecule has 1 N–H and O–H groups in total. The van der Waals surface area contributed by atoms with Gasteiger partial charge in [-0.25, -0.2) is 4.79 Å². The van der Waals surface area contributed by atoms with Gasteiger partial charge >= 0.3 is 5.97 Å². The maximum Gasteiger partial charge on any atom is 0.338 e. The largest absolute Gasteiger partial charge is 0.452 e. The van der Waals surface area contributed by atoms with Gasteiger partial charge in [-0.15, -0.1) is 0 Å². The molecule has 0 aromatic heterocycles. The van der Waals surface area contributed by atoms with Gasteiger partial charge in [0, 0.05) is 17.9 Å². The Kier molecular flexibility index (Phi) is 20.1. The number of ether oxygens (including phenoxy) is 9. The minimum absolute atomic E-state index is 0.00866. The monoisotopic (exact) mass is 996 g/mol. The number of aryl methyl sites for hydroxylation is 1. The maximum absolute atomic E-state index is 14.3. The number of rotatable bonds is 25. The average molecular weight is 997 g/mol. The SMILES string of the molecule is CC(=O)CCCO[C@@H]1[C@H](O[C@H]2O[C@H](COCc3ccccc3)[C@@H](OCc3ccccc3)[C@H](OCc3ccccc3)[C@H]2OCc2ccccc2)[C@@H](OC(=O)c2ccccc2)[C@H](Sc2ccc(C)cc2)O[C@@H]1CO. The molecule has 2 fully saturated rings. The van der Waals surface area contributed by atoms with Crippen molar-refractivity contribution in [2.75, 3.05) is 19.8 Å². The third-order valence-electron chi connectivity index (χ3n) is 12.4. The molecule has 72 heavy (non-hydrogen) atoms. The summed E-state index contributed by atoms with van der Waals surface area (Å²) in [6, 6.07) is 56.1. The van der Waals surface area contributed by atoms with Crippen LogP contribution in [-0.4, -0.2) is 97.2 Å². The highest BCUT2D eigenvalue weighted by Crippen LogP contribution is 2.40. The molecule has 13 heteroatoms. The van der Waals surface area contributed by atoms with Crippen LogP contribution in [0, 0.1) is 6.92 Å². The van der Waals surface area contributed by atoms with E-state index in [1.165, 1.54) is 18.7 Å². The Bertz CT molecular complexity index is 2500. The van der Waals surface area contributed by atoms with Crippen molar-refractivity contribution in [3.8, 4) is 0 Å². The summed E-state index contributed by atoms with van der Waals surface area (Å²) >= 11 is 1.34. The van der Waals surface area contributed by atoms with Crippen molar-refractivity contribution in [3.63, 3.8) is 0 Å². The molecule has 12 nitrogen and oxygen atoms in total. The molecule has 0 bridgehead atoms. The fourth-order valence-electron chi connectivity index (χ4n) is 8.67. The van der Waals surface area contributed by atoms with Crippen molar-refractivity contribution in [3.05, 3.63) is 209 Å². The fraction of sp³-hybridized carbons (Fsp3) is 0.356. The molecule has 0 spiro atoms. The summed E-state index contributed by atoms with van der Waals surface area (Å²) in [6.45, 7) is 4.14. The molecule has 6 aromatic carbocycles. The molecular formula is C59H64O12S. The van der Waals surface area contributed by atoms with Gasteiger partial charge in [0.25, 0.3) is 0 Å². The molecule has 0 unspecified atom stereocenters. The third-order valence-corrected chi connectivity index (χ3v) is 13.6. The topological polar surface area (TPSA) is 137 Å². The molecule has 0 saturated carbocycles. The Labute approximate surface area is 426 Å². The molecule has 0 radical (unpaired) electrons. The van der Waals surface area contributed by atoms with Gasteiger partial charge in [0.2, 0.25) is 0 Å². The van der Waals surface area contributed by atoms with Gasteiger partial charge in [-0.1, -0.05) is 169 Å². The first-order valence-corrected chi connectivity index (χ1v) is 25.4. The Hall–Kier alpha value is -5.55. The molecule has 2 heterocycles. The zero-order valence-electron chi connectivity index (χ0n) is 40.7. The van der Waals surface area contributed by atoms with E-state index in [9.17, 15) is 14.7 Å². The summed E-state index contributed by atoms with van der Waals surface area (Å²) < 4.78 is 61.8. The second-order valence-corrected chi connectivity index (χ2v) is 19.1. The van der Waals surface area contributed by atoms with Crippen molar-refractivity contribution in [2.24, 2.45) is 0 Å². The van der Waals surface area contributed by atoms with E-state index in [1.54, 1.807) is 24.3 Å². The van der Waals surface area contributed by atoms with Gasteiger partial charge in [0.1, 0.15) is 53.9 Å². The van der Waals surface area contributed by atoms with Gasteiger partial charge in [0.15, 0.2) is 12.4 Å². The Morgan fingerprint density at radius 3 is 1.58 bits per heavy atom. The number of benzene rings is 6. The number of carbonyl (C=O) groups excluding carboxylic acids is 2. The molecule has 8 rings (SSSR count). The van der Waals surface area contributed by atoms with E-state index in [-0.39, 0.29) is 45.2 Å². The summed E-state index contributed by atoms with van der Waals surface area (Å²) in [7, 11) is 0. The molecule has 378 valence electrons. The first-order valence-electron chi connectivity index (χ1n) is 24.6. The van der Waals surface area contributed by atoms with E-state index < -0.39 is 73.1 Å². The predicted octanol–water partition coefficient (Wildman–Crippen LogP) is 9.87. The summed E-state index contributed by atoms with van der Waals surface area (Å²) in [5.74, 6) is -0.605. The number of carbonyl (C=O) groups is 2. The zero-order valence-corrected chi connectivity index (χ0v) is 41.5. The van der Waals surface area contributed by atoms with E-state index in [0.29, 0.717) is 18.6 Å². The fourth-order valence-corrected chi connectivity index (χ4v) is 9.78. The number of hydrogen-bond donors (Lipinski definition) is 1. The highest BCUT2D eigenvalue weighted by molar-refractivity contribution is 7.99. The lowest BCUT2D eigenvalue weighted by Crippen LogP contribution is -2.66.